The summed E-state index contributed by atoms with van der Waals surface area (Å²) in [6, 6.07) is 3.69. The van der Waals surface area contributed by atoms with Crippen molar-refractivity contribution in [3.05, 3.63) is 23.5 Å². The van der Waals surface area contributed by atoms with Gasteiger partial charge in [0.15, 0.2) is 0 Å². The van der Waals surface area contributed by atoms with Crippen LogP contribution in [0, 0.1) is 11.3 Å². The lowest BCUT2D eigenvalue weighted by Crippen LogP contribution is -2.27. The van der Waals surface area contributed by atoms with Crippen LogP contribution in [0.15, 0.2) is 12.1 Å². The number of rotatable bonds is 6. The number of nitrogens with one attached hydrogen (secondary N) is 2. The molecule has 0 unspecified atom stereocenters. The van der Waals surface area contributed by atoms with Crippen LogP contribution >= 0.6 is 0 Å². The first kappa shape index (κ1) is 13.1. The van der Waals surface area contributed by atoms with Crippen molar-refractivity contribution in [3.8, 4) is 0 Å². The van der Waals surface area contributed by atoms with Crippen LogP contribution in [0.25, 0.3) is 0 Å². The molecule has 0 radical (unpaired) electrons. The molecule has 0 atom stereocenters. The van der Waals surface area contributed by atoms with E-state index in [0.29, 0.717) is 11.1 Å². The molecule has 1 aliphatic carbocycles. The van der Waals surface area contributed by atoms with Crippen LogP contribution < -0.4 is 5.32 Å². The molecule has 2 rings (SSSR count). The van der Waals surface area contributed by atoms with Gasteiger partial charge in [-0.05, 0) is 36.3 Å². The van der Waals surface area contributed by atoms with E-state index < -0.39 is 0 Å². The third-order valence-electron chi connectivity index (χ3n) is 4.06. The molecule has 1 aromatic rings. The average Bonchev–Trinajstić information content (AvgIpc) is 3.00. The van der Waals surface area contributed by atoms with E-state index >= 15 is 0 Å². The predicted octanol–water partition coefficient (Wildman–Crippen LogP) is 2.33. The highest BCUT2D eigenvalue weighted by molar-refractivity contribution is 5.87. The predicted molar refractivity (Wildman–Crippen MR) is 70.3 cm³/mol. The topological polar surface area (TPSA) is 54.1 Å². The van der Waals surface area contributed by atoms with E-state index in [0.717, 1.165) is 24.7 Å². The van der Waals surface area contributed by atoms with Gasteiger partial charge in [0.2, 0.25) is 0 Å². The number of aromatic amines is 1. The molecule has 4 heteroatoms. The molecule has 4 nitrogen and oxygen atoms in total. The van der Waals surface area contributed by atoms with Crippen LogP contribution in [0.4, 0.5) is 0 Å². The molecular formula is C14H22N2O2. The smallest absolute Gasteiger partial charge is 0.354 e. The Labute approximate surface area is 108 Å². The Balaban J connectivity index is 1.80. The summed E-state index contributed by atoms with van der Waals surface area (Å²) in [5.41, 5.74) is 2.05. The van der Waals surface area contributed by atoms with Crippen LogP contribution in [0.5, 0.6) is 0 Å². The van der Waals surface area contributed by atoms with Gasteiger partial charge in [-0.25, -0.2) is 4.79 Å². The summed E-state index contributed by atoms with van der Waals surface area (Å²) in [5.74, 6) is 0.418. The lowest BCUT2D eigenvalue weighted by atomic mass is 9.92. The van der Waals surface area contributed by atoms with E-state index in [1.807, 2.05) is 6.07 Å². The van der Waals surface area contributed by atoms with Crippen LogP contribution in [0.2, 0.25) is 0 Å². The van der Waals surface area contributed by atoms with E-state index in [1.165, 1.54) is 20.0 Å². The monoisotopic (exact) mass is 250 g/mol. The molecule has 0 spiro atoms. The van der Waals surface area contributed by atoms with Crippen molar-refractivity contribution < 1.29 is 9.53 Å². The summed E-state index contributed by atoms with van der Waals surface area (Å²) in [4.78, 5) is 14.3. The highest BCUT2D eigenvalue weighted by Gasteiger charge is 2.44. The number of esters is 1. The van der Waals surface area contributed by atoms with Gasteiger partial charge in [-0.3, -0.25) is 0 Å². The first-order chi connectivity index (χ1) is 8.57. The fourth-order valence-corrected chi connectivity index (χ4v) is 2.34. The lowest BCUT2D eigenvalue weighted by molar-refractivity contribution is 0.0594. The van der Waals surface area contributed by atoms with Crippen molar-refractivity contribution in [1.29, 1.82) is 0 Å². The van der Waals surface area contributed by atoms with Gasteiger partial charge in [-0.2, -0.15) is 0 Å². The zero-order chi connectivity index (χ0) is 13.2. The van der Waals surface area contributed by atoms with Gasteiger partial charge in [-0.15, -0.1) is 0 Å². The number of aromatic nitrogens is 1. The second kappa shape index (κ2) is 5.14. The van der Waals surface area contributed by atoms with Crippen LogP contribution in [0.1, 0.15) is 42.9 Å². The third kappa shape index (κ3) is 2.75. The SMILES string of the molecule is COC(=O)c1ccc(CNCC2(C(C)C)CC2)[nH]1. The molecule has 0 saturated heterocycles. The number of carbonyl (C=O) groups excluding carboxylic acids is 1. The minimum Gasteiger partial charge on any atom is -0.464 e. The fourth-order valence-electron chi connectivity index (χ4n) is 2.34. The fraction of sp³-hybridized carbons (Fsp3) is 0.643. The number of hydrogen-bond acceptors (Lipinski definition) is 3. The number of hydrogen-bond donors (Lipinski definition) is 2. The zero-order valence-corrected chi connectivity index (χ0v) is 11.4. The molecule has 100 valence electrons. The van der Waals surface area contributed by atoms with Gasteiger partial charge in [0.25, 0.3) is 0 Å². The minimum absolute atomic E-state index is 0.318. The Bertz CT molecular complexity index is 419. The summed E-state index contributed by atoms with van der Waals surface area (Å²) < 4.78 is 4.66. The summed E-state index contributed by atoms with van der Waals surface area (Å²) in [5, 5.41) is 3.47. The van der Waals surface area contributed by atoms with Crippen LogP contribution in [-0.4, -0.2) is 24.6 Å². The number of ether oxygens (including phenoxy) is 1. The maximum atomic E-state index is 11.3. The van der Waals surface area contributed by atoms with E-state index in [9.17, 15) is 4.79 Å². The average molecular weight is 250 g/mol. The molecule has 18 heavy (non-hydrogen) atoms. The van der Waals surface area contributed by atoms with E-state index in [1.54, 1.807) is 6.07 Å². The summed E-state index contributed by atoms with van der Waals surface area (Å²) in [6.07, 6.45) is 2.66. The molecule has 0 aliphatic heterocycles. The van der Waals surface area contributed by atoms with Gasteiger partial charge in [0, 0.05) is 18.8 Å². The number of methoxy groups -OCH3 is 1. The van der Waals surface area contributed by atoms with Gasteiger partial charge in [0.05, 0.1) is 7.11 Å². The molecule has 0 amide bonds. The summed E-state index contributed by atoms with van der Waals surface area (Å²) in [7, 11) is 1.39. The van der Waals surface area contributed by atoms with Gasteiger partial charge in [-0.1, -0.05) is 13.8 Å². The van der Waals surface area contributed by atoms with Gasteiger partial charge >= 0.3 is 5.97 Å². The first-order valence-electron chi connectivity index (χ1n) is 6.54. The Kier molecular flexibility index (Phi) is 3.76. The third-order valence-corrected chi connectivity index (χ3v) is 4.06. The molecule has 1 aromatic heterocycles. The zero-order valence-electron chi connectivity index (χ0n) is 11.4. The lowest BCUT2D eigenvalue weighted by Gasteiger charge is -2.19. The summed E-state index contributed by atoms with van der Waals surface area (Å²) >= 11 is 0. The van der Waals surface area contributed by atoms with Crippen molar-refractivity contribution in [2.75, 3.05) is 13.7 Å². The van der Waals surface area contributed by atoms with Crippen molar-refractivity contribution >= 4 is 5.97 Å². The van der Waals surface area contributed by atoms with Crippen molar-refractivity contribution in [1.82, 2.24) is 10.3 Å². The van der Waals surface area contributed by atoms with Gasteiger partial charge < -0.3 is 15.0 Å². The van der Waals surface area contributed by atoms with Crippen LogP contribution in [-0.2, 0) is 11.3 Å². The molecule has 1 aliphatic rings. The largest absolute Gasteiger partial charge is 0.464 e. The van der Waals surface area contributed by atoms with E-state index in [4.69, 9.17) is 0 Å². The molecule has 2 N–H and O–H groups in total. The quantitative estimate of drug-likeness (QED) is 0.762. The van der Waals surface area contributed by atoms with E-state index in [-0.39, 0.29) is 5.97 Å². The second-order valence-electron chi connectivity index (χ2n) is 5.51. The number of carbonyl (C=O) groups is 1. The van der Waals surface area contributed by atoms with Crippen molar-refractivity contribution in [3.63, 3.8) is 0 Å². The molecule has 1 heterocycles. The number of H-pyrrole nitrogens is 1. The standard InChI is InChI=1S/C14H22N2O2/c1-10(2)14(6-7-14)9-15-8-11-4-5-12(16-11)13(17)18-3/h4-5,10,15-16H,6-9H2,1-3H3. The van der Waals surface area contributed by atoms with Crippen LogP contribution in [0.3, 0.4) is 0 Å². The Hall–Kier alpha value is -1.29. The molecule has 1 saturated carbocycles. The molecular weight excluding hydrogens is 228 g/mol. The maximum Gasteiger partial charge on any atom is 0.354 e. The summed E-state index contributed by atoms with van der Waals surface area (Å²) in [6.45, 7) is 6.40. The Morgan fingerprint density at radius 3 is 2.78 bits per heavy atom. The maximum absolute atomic E-state index is 11.3. The molecule has 1 fully saturated rings. The minimum atomic E-state index is -0.318. The Morgan fingerprint density at radius 1 is 1.50 bits per heavy atom. The highest BCUT2D eigenvalue weighted by Crippen LogP contribution is 2.51. The molecule has 0 aromatic carbocycles. The molecule has 0 bridgehead atoms. The van der Waals surface area contributed by atoms with Crippen molar-refractivity contribution in [2.24, 2.45) is 11.3 Å². The highest BCUT2D eigenvalue weighted by atomic mass is 16.5. The van der Waals surface area contributed by atoms with E-state index in [2.05, 4.69) is 28.9 Å². The Morgan fingerprint density at radius 2 is 2.22 bits per heavy atom. The van der Waals surface area contributed by atoms with Gasteiger partial charge in [0.1, 0.15) is 5.69 Å². The normalized spacial score (nSPS) is 16.9. The van der Waals surface area contributed by atoms with Crippen molar-refractivity contribution in [2.45, 2.75) is 33.2 Å². The second-order valence-corrected chi connectivity index (χ2v) is 5.51. The first-order valence-corrected chi connectivity index (χ1v) is 6.54.